The van der Waals surface area contributed by atoms with Gasteiger partial charge in [-0.3, -0.25) is 0 Å². The highest BCUT2D eigenvalue weighted by Gasteiger charge is 2.41. The Morgan fingerprint density at radius 2 is 1.80 bits per heavy atom. The highest BCUT2D eigenvalue weighted by atomic mass is 19.4. The van der Waals surface area contributed by atoms with E-state index in [4.69, 9.17) is 10.00 Å². The third kappa shape index (κ3) is 5.52. The van der Waals surface area contributed by atoms with Crippen molar-refractivity contribution in [3.63, 3.8) is 0 Å². The molecule has 0 amide bonds. The molecule has 0 aliphatic carbocycles. The summed E-state index contributed by atoms with van der Waals surface area (Å²) in [5.41, 5.74) is 0.392. The lowest BCUT2D eigenvalue weighted by atomic mass is 10.1. The SMILES string of the molecule is CCCCCCC(Oc1ccc(C#N)cc1)C(F)(F)F. The number of nitrogens with zero attached hydrogens (tertiary/aromatic N) is 1. The summed E-state index contributed by atoms with van der Waals surface area (Å²) in [5, 5.41) is 8.64. The minimum absolute atomic E-state index is 0.0382. The lowest BCUT2D eigenvalue weighted by Crippen LogP contribution is -2.34. The zero-order valence-electron chi connectivity index (χ0n) is 11.4. The van der Waals surface area contributed by atoms with Crippen molar-refractivity contribution in [2.75, 3.05) is 0 Å². The Hall–Kier alpha value is -1.70. The van der Waals surface area contributed by atoms with Gasteiger partial charge in [0.25, 0.3) is 0 Å². The van der Waals surface area contributed by atoms with Crippen LogP contribution in [0.5, 0.6) is 5.75 Å². The Bertz CT molecular complexity index is 434. The summed E-state index contributed by atoms with van der Waals surface area (Å²) in [5.74, 6) is 0.141. The van der Waals surface area contributed by atoms with Gasteiger partial charge >= 0.3 is 6.18 Å². The Balaban J connectivity index is 2.62. The number of ether oxygens (including phenoxy) is 1. The molecule has 0 saturated heterocycles. The molecule has 20 heavy (non-hydrogen) atoms. The van der Waals surface area contributed by atoms with Crippen molar-refractivity contribution in [1.29, 1.82) is 5.26 Å². The summed E-state index contributed by atoms with van der Waals surface area (Å²) < 4.78 is 43.7. The molecule has 2 nitrogen and oxygen atoms in total. The van der Waals surface area contributed by atoms with Crippen LogP contribution in [0, 0.1) is 11.3 Å². The molecule has 1 unspecified atom stereocenters. The highest BCUT2D eigenvalue weighted by Crippen LogP contribution is 2.29. The van der Waals surface area contributed by atoms with Crippen LogP contribution in [0.2, 0.25) is 0 Å². The van der Waals surface area contributed by atoms with Crippen LogP contribution in [0.15, 0.2) is 24.3 Å². The molecule has 0 aromatic heterocycles. The van der Waals surface area contributed by atoms with E-state index in [1.165, 1.54) is 24.3 Å². The molecule has 1 aromatic carbocycles. The maximum absolute atomic E-state index is 12.9. The molecule has 0 aliphatic rings. The van der Waals surface area contributed by atoms with Crippen molar-refractivity contribution in [2.45, 2.75) is 51.3 Å². The molecule has 0 bridgehead atoms. The number of unbranched alkanes of at least 4 members (excludes halogenated alkanes) is 3. The van der Waals surface area contributed by atoms with Crippen LogP contribution < -0.4 is 4.74 Å². The first kappa shape index (κ1) is 16.4. The second-order valence-electron chi connectivity index (χ2n) is 4.63. The minimum atomic E-state index is -4.37. The lowest BCUT2D eigenvalue weighted by molar-refractivity contribution is -0.197. The molecule has 0 fully saturated rings. The van der Waals surface area contributed by atoms with Crippen molar-refractivity contribution < 1.29 is 17.9 Å². The van der Waals surface area contributed by atoms with Crippen LogP contribution in [-0.2, 0) is 0 Å². The van der Waals surface area contributed by atoms with E-state index >= 15 is 0 Å². The first-order valence-electron chi connectivity index (χ1n) is 6.71. The zero-order chi connectivity index (χ0) is 15.0. The van der Waals surface area contributed by atoms with E-state index in [0.717, 1.165) is 19.3 Å². The first-order valence-corrected chi connectivity index (χ1v) is 6.71. The van der Waals surface area contributed by atoms with Crippen LogP contribution in [0.3, 0.4) is 0 Å². The fraction of sp³-hybridized carbons (Fsp3) is 0.533. The quantitative estimate of drug-likeness (QED) is 0.672. The Kier molecular flexibility index (Phi) is 6.37. The van der Waals surface area contributed by atoms with Crippen LogP contribution in [-0.4, -0.2) is 12.3 Å². The van der Waals surface area contributed by atoms with E-state index in [1.54, 1.807) is 0 Å². The van der Waals surface area contributed by atoms with E-state index in [9.17, 15) is 13.2 Å². The Morgan fingerprint density at radius 3 is 2.30 bits per heavy atom. The average molecular weight is 285 g/mol. The van der Waals surface area contributed by atoms with Gasteiger partial charge in [-0.25, -0.2) is 0 Å². The van der Waals surface area contributed by atoms with E-state index in [1.807, 2.05) is 13.0 Å². The number of hydrogen-bond donors (Lipinski definition) is 0. The van der Waals surface area contributed by atoms with Gasteiger partial charge in [-0.05, 0) is 37.1 Å². The van der Waals surface area contributed by atoms with Gasteiger partial charge < -0.3 is 4.74 Å². The number of hydrogen-bond acceptors (Lipinski definition) is 2. The van der Waals surface area contributed by atoms with Gasteiger partial charge in [-0.1, -0.05) is 26.2 Å². The van der Waals surface area contributed by atoms with Gasteiger partial charge in [-0.15, -0.1) is 0 Å². The van der Waals surface area contributed by atoms with Crippen molar-refractivity contribution >= 4 is 0 Å². The zero-order valence-corrected chi connectivity index (χ0v) is 11.4. The normalized spacial score (nSPS) is 12.8. The van der Waals surface area contributed by atoms with E-state index < -0.39 is 12.3 Å². The smallest absolute Gasteiger partial charge is 0.425 e. The molecule has 0 spiro atoms. The summed E-state index contributed by atoms with van der Waals surface area (Å²) in [7, 11) is 0. The van der Waals surface area contributed by atoms with Crippen LogP contribution in [0.25, 0.3) is 0 Å². The second kappa shape index (κ2) is 7.78. The summed E-state index contributed by atoms with van der Waals surface area (Å²) in [6.45, 7) is 2.01. The molecular formula is C15H18F3NO. The highest BCUT2D eigenvalue weighted by molar-refractivity contribution is 5.34. The van der Waals surface area contributed by atoms with Gasteiger partial charge in [0.2, 0.25) is 0 Å². The maximum atomic E-state index is 12.9. The minimum Gasteiger partial charge on any atom is -0.481 e. The molecule has 5 heteroatoms. The van der Waals surface area contributed by atoms with E-state index in [2.05, 4.69) is 0 Å². The topological polar surface area (TPSA) is 33.0 Å². The fourth-order valence-corrected chi connectivity index (χ4v) is 1.82. The number of halogens is 3. The van der Waals surface area contributed by atoms with Gasteiger partial charge in [-0.2, -0.15) is 18.4 Å². The number of alkyl halides is 3. The van der Waals surface area contributed by atoms with Gasteiger partial charge in [0.15, 0.2) is 6.10 Å². The van der Waals surface area contributed by atoms with E-state index in [-0.39, 0.29) is 12.2 Å². The average Bonchev–Trinajstić information content (AvgIpc) is 2.42. The predicted octanol–water partition coefficient (Wildman–Crippen LogP) is 4.84. The van der Waals surface area contributed by atoms with Crippen molar-refractivity contribution in [2.24, 2.45) is 0 Å². The fourth-order valence-electron chi connectivity index (χ4n) is 1.82. The second-order valence-corrected chi connectivity index (χ2v) is 4.63. The van der Waals surface area contributed by atoms with Crippen LogP contribution >= 0.6 is 0 Å². The van der Waals surface area contributed by atoms with Crippen LogP contribution in [0.4, 0.5) is 13.2 Å². The number of rotatable bonds is 7. The molecule has 0 heterocycles. The molecule has 0 radical (unpaired) electrons. The Labute approximate surface area is 117 Å². The molecule has 0 aliphatic heterocycles. The molecule has 0 saturated carbocycles. The van der Waals surface area contributed by atoms with Crippen molar-refractivity contribution in [3.05, 3.63) is 29.8 Å². The first-order chi connectivity index (χ1) is 9.47. The monoisotopic (exact) mass is 285 g/mol. The maximum Gasteiger partial charge on any atom is 0.425 e. The summed E-state index contributed by atoms with van der Waals surface area (Å²) in [4.78, 5) is 0. The van der Waals surface area contributed by atoms with Crippen LogP contribution in [0.1, 0.15) is 44.6 Å². The third-order valence-electron chi connectivity index (χ3n) is 2.95. The summed E-state index contributed by atoms with van der Waals surface area (Å²) in [6, 6.07) is 7.58. The number of benzene rings is 1. The molecule has 0 N–H and O–H groups in total. The molecule has 1 aromatic rings. The molecule has 110 valence electrons. The summed E-state index contributed by atoms with van der Waals surface area (Å²) >= 11 is 0. The van der Waals surface area contributed by atoms with Crippen molar-refractivity contribution in [1.82, 2.24) is 0 Å². The van der Waals surface area contributed by atoms with Gasteiger partial charge in [0.1, 0.15) is 5.75 Å². The van der Waals surface area contributed by atoms with Gasteiger partial charge in [0, 0.05) is 0 Å². The molecule has 1 rings (SSSR count). The van der Waals surface area contributed by atoms with Crippen molar-refractivity contribution in [3.8, 4) is 11.8 Å². The molecule has 1 atom stereocenters. The third-order valence-corrected chi connectivity index (χ3v) is 2.95. The predicted molar refractivity (Wildman–Crippen MR) is 70.4 cm³/mol. The Morgan fingerprint density at radius 1 is 1.15 bits per heavy atom. The largest absolute Gasteiger partial charge is 0.481 e. The van der Waals surface area contributed by atoms with Gasteiger partial charge in [0.05, 0.1) is 11.6 Å². The standard InChI is InChI=1S/C15H18F3NO/c1-2-3-4-5-6-14(15(16,17)18)20-13-9-7-12(11-19)8-10-13/h7-10,14H,2-6H2,1H3. The molecular weight excluding hydrogens is 267 g/mol. The van der Waals surface area contributed by atoms with E-state index in [0.29, 0.717) is 12.0 Å². The summed E-state index contributed by atoms with van der Waals surface area (Å²) in [6.07, 6.45) is -3.01. The lowest BCUT2D eigenvalue weighted by Gasteiger charge is -2.21. The number of nitriles is 1.